The first-order valence-corrected chi connectivity index (χ1v) is 9.37. The Hall–Kier alpha value is -3.15. The molecule has 2 heterocycles. The Morgan fingerprint density at radius 2 is 1.96 bits per heavy atom. The van der Waals surface area contributed by atoms with E-state index in [0.29, 0.717) is 13.0 Å². The molecule has 1 unspecified atom stereocenters. The number of anilines is 1. The maximum absolute atomic E-state index is 12.8. The third-order valence-corrected chi connectivity index (χ3v) is 5.49. The van der Waals surface area contributed by atoms with E-state index in [9.17, 15) is 9.59 Å². The van der Waals surface area contributed by atoms with Crippen molar-refractivity contribution in [3.05, 3.63) is 59.4 Å². The molecule has 1 saturated heterocycles. The van der Waals surface area contributed by atoms with Crippen molar-refractivity contribution in [3.8, 4) is 0 Å². The number of fused-ring (bicyclic) bond motifs is 1. The van der Waals surface area contributed by atoms with E-state index in [1.807, 2.05) is 58.9 Å². The number of nitrogens with zero attached hydrogens (tertiary/aromatic N) is 3. The van der Waals surface area contributed by atoms with E-state index in [0.717, 1.165) is 28.1 Å². The number of aromatic nitrogens is 2. The molecule has 1 aliphatic rings. The molecule has 1 amide bonds. The molecular weight excluding hydrogens is 354 g/mol. The third-order valence-electron chi connectivity index (χ3n) is 5.49. The molecule has 0 radical (unpaired) electrons. The van der Waals surface area contributed by atoms with Crippen LogP contribution in [0.2, 0.25) is 0 Å². The summed E-state index contributed by atoms with van der Waals surface area (Å²) in [5.74, 6) is 0.419. The summed E-state index contributed by atoms with van der Waals surface area (Å²) < 4.78 is 6.74. The predicted octanol–water partition coefficient (Wildman–Crippen LogP) is 3.35. The van der Waals surface area contributed by atoms with Crippen molar-refractivity contribution in [2.45, 2.75) is 32.7 Å². The normalized spacial score (nSPS) is 16.8. The Morgan fingerprint density at radius 3 is 2.71 bits per heavy atom. The Kier molecular flexibility index (Phi) is 4.63. The Balaban J connectivity index is 1.70. The summed E-state index contributed by atoms with van der Waals surface area (Å²) in [5.41, 5.74) is 4.96. The predicted molar refractivity (Wildman–Crippen MR) is 107 cm³/mol. The maximum Gasteiger partial charge on any atom is 0.325 e. The summed E-state index contributed by atoms with van der Waals surface area (Å²) in [6.07, 6.45) is 0.372. The average Bonchev–Trinajstić information content (AvgIpc) is 3.25. The van der Waals surface area contributed by atoms with Crippen LogP contribution >= 0.6 is 0 Å². The highest BCUT2D eigenvalue weighted by Crippen LogP contribution is 2.33. The summed E-state index contributed by atoms with van der Waals surface area (Å²) >= 11 is 0. The first-order chi connectivity index (χ1) is 13.5. The van der Waals surface area contributed by atoms with Gasteiger partial charge in [0.25, 0.3) is 0 Å². The van der Waals surface area contributed by atoms with Crippen molar-refractivity contribution in [2.24, 2.45) is 0 Å². The van der Waals surface area contributed by atoms with Gasteiger partial charge < -0.3 is 14.2 Å². The van der Waals surface area contributed by atoms with Gasteiger partial charge in [-0.15, -0.1) is 0 Å². The fraction of sp³-hybridized carbons (Fsp3) is 0.318. The Bertz CT molecular complexity index is 1070. The standard InChI is InChI=1S/C22H23N3O3/c1-14-8-9-17(10-15(14)2)24-12-16(11-20(24)26)22-23-18-6-4-5-7-19(18)25(22)13-21(27)28-3/h4-10,16H,11-13H2,1-3H3. The van der Waals surface area contributed by atoms with Crippen LogP contribution in [0.1, 0.15) is 29.3 Å². The summed E-state index contributed by atoms with van der Waals surface area (Å²) in [4.78, 5) is 31.3. The van der Waals surface area contributed by atoms with Gasteiger partial charge >= 0.3 is 5.97 Å². The smallest absolute Gasteiger partial charge is 0.325 e. The van der Waals surface area contributed by atoms with E-state index in [2.05, 4.69) is 6.92 Å². The molecule has 1 aromatic heterocycles. The summed E-state index contributed by atoms with van der Waals surface area (Å²) in [5, 5.41) is 0. The van der Waals surface area contributed by atoms with Crippen LogP contribution in [0.5, 0.6) is 0 Å². The summed E-state index contributed by atoms with van der Waals surface area (Å²) in [6.45, 7) is 4.74. The fourth-order valence-corrected chi connectivity index (χ4v) is 3.79. The fourth-order valence-electron chi connectivity index (χ4n) is 3.79. The number of imidazole rings is 1. The molecule has 28 heavy (non-hydrogen) atoms. The van der Waals surface area contributed by atoms with Gasteiger partial charge in [-0.3, -0.25) is 9.59 Å². The quantitative estimate of drug-likeness (QED) is 0.654. The SMILES string of the molecule is COC(=O)Cn1c(C2CC(=O)N(c3ccc(C)c(C)c3)C2)nc2ccccc21. The van der Waals surface area contributed by atoms with Crippen molar-refractivity contribution in [2.75, 3.05) is 18.6 Å². The van der Waals surface area contributed by atoms with Crippen molar-refractivity contribution >= 4 is 28.6 Å². The van der Waals surface area contributed by atoms with Crippen LogP contribution in [0.15, 0.2) is 42.5 Å². The van der Waals surface area contributed by atoms with Gasteiger partial charge in [-0.25, -0.2) is 4.98 Å². The summed E-state index contributed by atoms with van der Waals surface area (Å²) in [7, 11) is 1.38. The zero-order valence-electron chi connectivity index (χ0n) is 16.3. The first kappa shape index (κ1) is 18.2. The molecule has 6 heteroatoms. The van der Waals surface area contributed by atoms with Gasteiger partial charge in [0.2, 0.25) is 5.91 Å². The molecule has 144 valence electrons. The van der Waals surface area contributed by atoms with Crippen molar-refractivity contribution in [1.29, 1.82) is 0 Å². The molecule has 1 atom stereocenters. The number of amides is 1. The molecule has 0 N–H and O–H groups in total. The molecule has 2 aromatic carbocycles. The number of carbonyl (C=O) groups excluding carboxylic acids is 2. The Morgan fingerprint density at radius 1 is 1.18 bits per heavy atom. The number of hydrogen-bond donors (Lipinski definition) is 0. The monoisotopic (exact) mass is 377 g/mol. The van der Waals surface area contributed by atoms with Crippen LogP contribution in [0.25, 0.3) is 11.0 Å². The van der Waals surface area contributed by atoms with Gasteiger partial charge in [0.15, 0.2) is 0 Å². The molecule has 3 aromatic rings. The molecule has 0 aliphatic carbocycles. The van der Waals surface area contributed by atoms with Crippen LogP contribution in [-0.2, 0) is 20.9 Å². The third kappa shape index (κ3) is 3.15. The molecule has 0 spiro atoms. The lowest BCUT2D eigenvalue weighted by molar-refractivity contribution is -0.141. The number of rotatable bonds is 4. The number of carbonyl (C=O) groups is 2. The highest BCUT2D eigenvalue weighted by Gasteiger charge is 2.35. The molecule has 6 nitrogen and oxygen atoms in total. The minimum absolute atomic E-state index is 0.0740. The second kappa shape index (κ2) is 7.11. The van der Waals surface area contributed by atoms with Crippen LogP contribution in [0, 0.1) is 13.8 Å². The van der Waals surface area contributed by atoms with Crippen molar-refractivity contribution < 1.29 is 14.3 Å². The number of ether oxygens (including phenoxy) is 1. The average molecular weight is 377 g/mol. The molecule has 4 rings (SSSR count). The highest BCUT2D eigenvalue weighted by atomic mass is 16.5. The zero-order valence-corrected chi connectivity index (χ0v) is 16.3. The van der Waals surface area contributed by atoms with Gasteiger partial charge in [-0.2, -0.15) is 0 Å². The van der Waals surface area contributed by atoms with E-state index >= 15 is 0 Å². The molecule has 0 saturated carbocycles. The molecule has 0 bridgehead atoms. The Labute approximate surface area is 163 Å². The van der Waals surface area contributed by atoms with Crippen molar-refractivity contribution in [1.82, 2.24) is 9.55 Å². The van der Waals surface area contributed by atoms with E-state index in [1.54, 1.807) is 0 Å². The summed E-state index contributed by atoms with van der Waals surface area (Å²) in [6, 6.07) is 13.8. The first-order valence-electron chi connectivity index (χ1n) is 9.37. The maximum atomic E-state index is 12.8. The van der Waals surface area contributed by atoms with Gasteiger partial charge in [0.1, 0.15) is 12.4 Å². The number of hydrogen-bond acceptors (Lipinski definition) is 4. The highest BCUT2D eigenvalue weighted by molar-refractivity contribution is 5.96. The van der Waals surface area contributed by atoms with Crippen LogP contribution in [0.4, 0.5) is 5.69 Å². The lowest BCUT2D eigenvalue weighted by atomic mass is 10.1. The van der Waals surface area contributed by atoms with Gasteiger partial charge in [-0.1, -0.05) is 18.2 Å². The van der Waals surface area contributed by atoms with E-state index in [-0.39, 0.29) is 24.3 Å². The van der Waals surface area contributed by atoms with Gasteiger partial charge in [0, 0.05) is 24.6 Å². The molecular formula is C22H23N3O3. The number of methoxy groups -OCH3 is 1. The molecule has 1 fully saturated rings. The van der Waals surface area contributed by atoms with Crippen LogP contribution < -0.4 is 4.90 Å². The second-order valence-electron chi connectivity index (χ2n) is 7.29. The minimum atomic E-state index is -0.334. The number of benzene rings is 2. The number of esters is 1. The molecule has 1 aliphatic heterocycles. The van der Waals surface area contributed by atoms with E-state index < -0.39 is 0 Å². The lowest BCUT2D eigenvalue weighted by Crippen LogP contribution is -2.25. The van der Waals surface area contributed by atoms with E-state index in [4.69, 9.17) is 9.72 Å². The minimum Gasteiger partial charge on any atom is -0.468 e. The largest absolute Gasteiger partial charge is 0.468 e. The van der Waals surface area contributed by atoms with Crippen molar-refractivity contribution in [3.63, 3.8) is 0 Å². The lowest BCUT2D eigenvalue weighted by Gasteiger charge is -2.18. The van der Waals surface area contributed by atoms with Crippen LogP contribution in [0.3, 0.4) is 0 Å². The topological polar surface area (TPSA) is 64.4 Å². The number of para-hydroxylation sites is 2. The van der Waals surface area contributed by atoms with Crippen LogP contribution in [-0.4, -0.2) is 35.1 Å². The second-order valence-corrected chi connectivity index (χ2v) is 7.29. The van der Waals surface area contributed by atoms with Gasteiger partial charge in [-0.05, 0) is 49.2 Å². The van der Waals surface area contributed by atoms with E-state index in [1.165, 1.54) is 12.7 Å². The van der Waals surface area contributed by atoms with Gasteiger partial charge in [0.05, 0.1) is 18.1 Å². The number of aryl methyl sites for hydroxylation is 2. The zero-order chi connectivity index (χ0) is 19.8.